The number of hydrogen-bond donors (Lipinski definition) is 1. The summed E-state index contributed by atoms with van der Waals surface area (Å²) in [5, 5.41) is 9.09. The van der Waals surface area contributed by atoms with Gasteiger partial charge in [-0.15, -0.1) is 11.8 Å². The monoisotopic (exact) mass is 295 g/mol. The first-order valence-electron chi connectivity index (χ1n) is 6.33. The van der Waals surface area contributed by atoms with Crippen LogP contribution in [0.15, 0.2) is 24.3 Å². The van der Waals surface area contributed by atoms with E-state index in [9.17, 15) is 9.59 Å². The Balaban J connectivity index is 2.03. The Morgan fingerprint density at radius 3 is 2.90 bits per heavy atom. The zero-order valence-electron chi connectivity index (χ0n) is 11.4. The van der Waals surface area contributed by atoms with Crippen LogP contribution in [0.4, 0.5) is 0 Å². The molecule has 0 spiro atoms. The Morgan fingerprint density at radius 1 is 1.50 bits per heavy atom. The van der Waals surface area contributed by atoms with Gasteiger partial charge in [0.15, 0.2) is 6.10 Å². The molecule has 2 unspecified atom stereocenters. The van der Waals surface area contributed by atoms with Gasteiger partial charge in [0.05, 0.1) is 5.88 Å². The fourth-order valence-electron chi connectivity index (χ4n) is 2.04. The number of hydrogen-bond acceptors (Lipinski definition) is 4. The second kappa shape index (κ2) is 6.17. The standard InChI is InChI=1S/C14H17NO4S/c1-9-4-3-5-11(6-9)19-10(2)13(16)15-8-20-7-12(15)14(17)18/h3-6,10,12H,7-8H2,1-2H3,(H,17,18). The molecule has 5 nitrogen and oxygen atoms in total. The third kappa shape index (κ3) is 3.25. The van der Waals surface area contributed by atoms with E-state index in [1.807, 2.05) is 25.1 Å². The molecular weight excluding hydrogens is 278 g/mol. The van der Waals surface area contributed by atoms with Crippen molar-refractivity contribution in [3.05, 3.63) is 29.8 Å². The van der Waals surface area contributed by atoms with Crippen LogP contribution in [0, 0.1) is 6.92 Å². The first kappa shape index (κ1) is 14.7. The van der Waals surface area contributed by atoms with E-state index in [2.05, 4.69) is 0 Å². The summed E-state index contributed by atoms with van der Waals surface area (Å²) in [6, 6.07) is 6.67. The summed E-state index contributed by atoms with van der Waals surface area (Å²) in [5.74, 6) is 0.190. The van der Waals surface area contributed by atoms with Gasteiger partial charge in [-0.05, 0) is 31.5 Å². The molecule has 0 saturated carbocycles. The van der Waals surface area contributed by atoms with Crippen molar-refractivity contribution in [1.29, 1.82) is 0 Å². The number of carboxylic acids is 1. The van der Waals surface area contributed by atoms with Gasteiger partial charge in [0, 0.05) is 5.75 Å². The van der Waals surface area contributed by atoms with Gasteiger partial charge in [0.1, 0.15) is 11.8 Å². The molecule has 0 bridgehead atoms. The summed E-state index contributed by atoms with van der Waals surface area (Å²) in [7, 11) is 0. The van der Waals surface area contributed by atoms with Crippen molar-refractivity contribution in [1.82, 2.24) is 4.90 Å². The summed E-state index contributed by atoms with van der Waals surface area (Å²) in [4.78, 5) is 24.7. The minimum absolute atomic E-state index is 0.288. The maximum atomic E-state index is 12.3. The van der Waals surface area contributed by atoms with Crippen molar-refractivity contribution in [3.8, 4) is 5.75 Å². The quantitative estimate of drug-likeness (QED) is 0.916. The largest absolute Gasteiger partial charge is 0.481 e. The molecular formula is C14H17NO4S. The van der Waals surface area contributed by atoms with E-state index in [0.29, 0.717) is 17.4 Å². The normalized spacial score (nSPS) is 19.7. The van der Waals surface area contributed by atoms with Gasteiger partial charge in [-0.2, -0.15) is 0 Å². The van der Waals surface area contributed by atoms with E-state index in [1.165, 1.54) is 16.7 Å². The minimum atomic E-state index is -0.967. The lowest BCUT2D eigenvalue weighted by Gasteiger charge is -2.24. The first-order chi connectivity index (χ1) is 9.49. The number of ether oxygens (including phenoxy) is 1. The maximum absolute atomic E-state index is 12.3. The predicted molar refractivity (Wildman–Crippen MR) is 76.9 cm³/mol. The number of amides is 1. The number of nitrogens with zero attached hydrogens (tertiary/aromatic N) is 1. The van der Waals surface area contributed by atoms with Crippen molar-refractivity contribution in [2.45, 2.75) is 26.0 Å². The van der Waals surface area contributed by atoms with Crippen LogP contribution in [-0.2, 0) is 9.59 Å². The molecule has 1 fully saturated rings. The van der Waals surface area contributed by atoms with Crippen molar-refractivity contribution in [2.24, 2.45) is 0 Å². The second-order valence-corrected chi connectivity index (χ2v) is 5.74. The molecule has 0 aromatic heterocycles. The molecule has 0 aliphatic carbocycles. The van der Waals surface area contributed by atoms with Gasteiger partial charge in [-0.25, -0.2) is 4.79 Å². The Kier molecular flexibility index (Phi) is 4.54. The summed E-state index contributed by atoms with van der Waals surface area (Å²) < 4.78 is 5.60. The van der Waals surface area contributed by atoms with Crippen molar-refractivity contribution >= 4 is 23.6 Å². The van der Waals surface area contributed by atoms with Gasteiger partial charge in [0.25, 0.3) is 5.91 Å². The van der Waals surface area contributed by atoms with Crippen LogP contribution in [0.25, 0.3) is 0 Å². The van der Waals surface area contributed by atoms with E-state index >= 15 is 0 Å². The molecule has 1 N–H and O–H groups in total. The molecule has 1 amide bonds. The van der Waals surface area contributed by atoms with E-state index in [1.54, 1.807) is 13.0 Å². The highest BCUT2D eigenvalue weighted by molar-refractivity contribution is 7.99. The van der Waals surface area contributed by atoms with Crippen LogP contribution in [-0.4, -0.2) is 45.7 Å². The maximum Gasteiger partial charge on any atom is 0.327 e. The molecule has 2 atom stereocenters. The molecule has 1 aliphatic heterocycles. The smallest absolute Gasteiger partial charge is 0.327 e. The van der Waals surface area contributed by atoms with E-state index < -0.39 is 18.1 Å². The summed E-state index contributed by atoms with van der Waals surface area (Å²) in [6.07, 6.45) is -0.697. The Hall–Kier alpha value is -1.69. The number of rotatable bonds is 4. The van der Waals surface area contributed by atoms with Crippen molar-refractivity contribution in [3.63, 3.8) is 0 Å². The molecule has 108 valence electrons. The third-order valence-corrected chi connectivity index (χ3v) is 4.11. The SMILES string of the molecule is Cc1cccc(OC(C)C(=O)N2CSCC2C(=O)O)c1. The lowest BCUT2D eigenvalue weighted by Crippen LogP contribution is -2.47. The number of aryl methyl sites for hydroxylation is 1. The first-order valence-corrected chi connectivity index (χ1v) is 7.49. The van der Waals surface area contributed by atoms with E-state index in [4.69, 9.17) is 9.84 Å². The van der Waals surface area contributed by atoms with Crippen LogP contribution < -0.4 is 4.74 Å². The highest BCUT2D eigenvalue weighted by Gasteiger charge is 2.37. The lowest BCUT2D eigenvalue weighted by molar-refractivity contribution is -0.150. The van der Waals surface area contributed by atoms with Gasteiger partial charge in [-0.1, -0.05) is 12.1 Å². The Morgan fingerprint density at radius 2 is 2.25 bits per heavy atom. The average molecular weight is 295 g/mol. The zero-order chi connectivity index (χ0) is 14.7. The number of carboxylic acid groups (broad SMARTS) is 1. The van der Waals surface area contributed by atoms with Crippen LogP contribution in [0.1, 0.15) is 12.5 Å². The number of carbonyl (C=O) groups excluding carboxylic acids is 1. The van der Waals surface area contributed by atoms with Crippen LogP contribution in [0.3, 0.4) is 0 Å². The minimum Gasteiger partial charge on any atom is -0.481 e. The summed E-state index contributed by atoms with van der Waals surface area (Å²) in [5.41, 5.74) is 1.04. The fraction of sp³-hybridized carbons (Fsp3) is 0.429. The average Bonchev–Trinajstić information content (AvgIpc) is 2.87. The van der Waals surface area contributed by atoms with E-state index in [0.717, 1.165) is 5.56 Å². The highest BCUT2D eigenvalue weighted by atomic mass is 32.2. The van der Waals surface area contributed by atoms with Crippen molar-refractivity contribution in [2.75, 3.05) is 11.6 Å². The lowest BCUT2D eigenvalue weighted by atomic mass is 10.2. The summed E-state index contributed by atoms with van der Waals surface area (Å²) in [6.45, 7) is 3.59. The number of aliphatic carboxylic acids is 1. The highest BCUT2D eigenvalue weighted by Crippen LogP contribution is 2.23. The number of benzene rings is 1. The molecule has 6 heteroatoms. The topological polar surface area (TPSA) is 66.8 Å². The van der Waals surface area contributed by atoms with Gasteiger partial charge in [-0.3, -0.25) is 4.79 Å². The molecule has 1 heterocycles. The second-order valence-electron chi connectivity index (χ2n) is 4.74. The number of thioether (sulfide) groups is 1. The molecule has 20 heavy (non-hydrogen) atoms. The Labute approximate surface area is 121 Å². The Bertz CT molecular complexity index is 520. The molecule has 1 aliphatic rings. The van der Waals surface area contributed by atoms with Gasteiger partial charge < -0.3 is 14.7 Å². The van der Waals surface area contributed by atoms with Gasteiger partial charge >= 0.3 is 5.97 Å². The van der Waals surface area contributed by atoms with E-state index in [-0.39, 0.29) is 5.91 Å². The van der Waals surface area contributed by atoms with Gasteiger partial charge in [0.2, 0.25) is 0 Å². The number of carbonyl (C=O) groups is 2. The fourth-order valence-corrected chi connectivity index (χ4v) is 3.20. The summed E-state index contributed by atoms with van der Waals surface area (Å²) >= 11 is 1.44. The molecule has 1 aromatic carbocycles. The molecule has 0 radical (unpaired) electrons. The predicted octanol–water partition coefficient (Wildman–Crippen LogP) is 1.75. The molecule has 1 saturated heterocycles. The van der Waals surface area contributed by atoms with Crippen LogP contribution in [0.5, 0.6) is 5.75 Å². The zero-order valence-corrected chi connectivity index (χ0v) is 12.2. The molecule has 1 aromatic rings. The van der Waals surface area contributed by atoms with Crippen LogP contribution in [0.2, 0.25) is 0 Å². The third-order valence-electron chi connectivity index (χ3n) is 3.10. The molecule has 2 rings (SSSR count). The van der Waals surface area contributed by atoms with Crippen LogP contribution >= 0.6 is 11.8 Å². The van der Waals surface area contributed by atoms with Crippen molar-refractivity contribution < 1.29 is 19.4 Å².